The highest BCUT2D eigenvalue weighted by Crippen LogP contribution is 2.35. The Kier molecular flexibility index (Phi) is 3.56. The molecule has 0 saturated carbocycles. The second-order valence-electron chi connectivity index (χ2n) is 4.62. The summed E-state index contributed by atoms with van der Waals surface area (Å²) in [7, 11) is 3.53. The van der Waals surface area contributed by atoms with Gasteiger partial charge in [-0.15, -0.1) is 0 Å². The molecule has 0 amide bonds. The van der Waals surface area contributed by atoms with Crippen molar-refractivity contribution in [3.8, 4) is 11.5 Å². The van der Waals surface area contributed by atoms with Gasteiger partial charge in [-0.05, 0) is 12.1 Å². The Bertz CT molecular complexity index is 597. The number of aromatic nitrogens is 3. The van der Waals surface area contributed by atoms with Crippen LogP contribution in [0, 0.1) is 0 Å². The molecule has 0 aliphatic carbocycles. The standard InChI is InChI=1S/C14H17N3O3/c1-17-14(15-13(16-17)7-8-18-2)12-9-19-10-5-3-4-6-11(10)20-12/h3-6,12H,7-9H2,1-2H3/t12-/m1/s1. The van der Waals surface area contributed by atoms with Gasteiger partial charge in [0.1, 0.15) is 6.61 Å². The minimum absolute atomic E-state index is 0.237. The molecular formula is C14H17N3O3. The summed E-state index contributed by atoms with van der Waals surface area (Å²) in [6.07, 6.45) is 0.452. The summed E-state index contributed by atoms with van der Waals surface area (Å²) < 4.78 is 18.4. The molecule has 2 heterocycles. The number of hydrogen-bond donors (Lipinski definition) is 0. The van der Waals surface area contributed by atoms with Gasteiger partial charge in [0.25, 0.3) is 0 Å². The first kappa shape index (κ1) is 12.9. The summed E-state index contributed by atoms with van der Waals surface area (Å²) in [4.78, 5) is 4.51. The second-order valence-corrected chi connectivity index (χ2v) is 4.62. The molecule has 1 atom stereocenters. The van der Waals surface area contributed by atoms with Crippen molar-refractivity contribution in [3.63, 3.8) is 0 Å². The lowest BCUT2D eigenvalue weighted by atomic mass is 10.2. The van der Waals surface area contributed by atoms with Crippen LogP contribution in [0.2, 0.25) is 0 Å². The van der Waals surface area contributed by atoms with Gasteiger partial charge in [-0.1, -0.05) is 12.1 Å². The Labute approximate surface area is 117 Å². The lowest BCUT2D eigenvalue weighted by Gasteiger charge is -2.25. The third-order valence-corrected chi connectivity index (χ3v) is 3.17. The Hall–Kier alpha value is -2.08. The van der Waals surface area contributed by atoms with Crippen LogP contribution >= 0.6 is 0 Å². The molecule has 6 heteroatoms. The number of para-hydroxylation sites is 2. The minimum Gasteiger partial charge on any atom is -0.485 e. The SMILES string of the molecule is COCCc1nc([C@H]2COc3ccccc3O2)n(C)n1. The van der Waals surface area contributed by atoms with Crippen molar-refractivity contribution in [2.75, 3.05) is 20.3 Å². The van der Waals surface area contributed by atoms with Gasteiger partial charge in [-0.2, -0.15) is 5.10 Å². The zero-order valence-corrected chi connectivity index (χ0v) is 11.6. The van der Waals surface area contributed by atoms with Gasteiger partial charge >= 0.3 is 0 Å². The normalized spacial score (nSPS) is 17.2. The molecule has 0 spiro atoms. The summed E-state index contributed by atoms with van der Waals surface area (Å²) in [5.74, 6) is 3.04. The van der Waals surface area contributed by atoms with E-state index in [0.29, 0.717) is 19.6 Å². The van der Waals surface area contributed by atoms with Crippen molar-refractivity contribution in [1.82, 2.24) is 14.8 Å². The topological polar surface area (TPSA) is 58.4 Å². The van der Waals surface area contributed by atoms with Crippen molar-refractivity contribution < 1.29 is 14.2 Å². The van der Waals surface area contributed by atoms with E-state index in [-0.39, 0.29) is 6.10 Å². The first-order chi connectivity index (χ1) is 9.78. The number of ether oxygens (including phenoxy) is 3. The smallest absolute Gasteiger partial charge is 0.192 e. The van der Waals surface area contributed by atoms with Crippen LogP contribution in [0.1, 0.15) is 17.8 Å². The van der Waals surface area contributed by atoms with Gasteiger partial charge in [0.2, 0.25) is 0 Å². The van der Waals surface area contributed by atoms with E-state index in [1.807, 2.05) is 31.3 Å². The predicted octanol–water partition coefficient (Wildman–Crippen LogP) is 1.52. The van der Waals surface area contributed by atoms with E-state index in [4.69, 9.17) is 14.2 Å². The molecule has 1 aromatic carbocycles. The van der Waals surface area contributed by atoms with Gasteiger partial charge in [-0.3, -0.25) is 0 Å². The average molecular weight is 275 g/mol. The molecule has 106 valence electrons. The molecule has 0 saturated heterocycles. The monoisotopic (exact) mass is 275 g/mol. The zero-order chi connectivity index (χ0) is 13.9. The van der Waals surface area contributed by atoms with Gasteiger partial charge in [0, 0.05) is 20.6 Å². The maximum atomic E-state index is 5.94. The minimum atomic E-state index is -0.237. The van der Waals surface area contributed by atoms with Crippen LogP contribution < -0.4 is 9.47 Å². The van der Waals surface area contributed by atoms with Crippen molar-refractivity contribution in [1.29, 1.82) is 0 Å². The molecule has 2 aromatic rings. The maximum absolute atomic E-state index is 5.94. The molecule has 0 N–H and O–H groups in total. The quantitative estimate of drug-likeness (QED) is 0.846. The van der Waals surface area contributed by atoms with Gasteiger partial charge in [-0.25, -0.2) is 9.67 Å². The van der Waals surface area contributed by atoms with Crippen LogP contribution in [0.3, 0.4) is 0 Å². The molecule has 3 rings (SSSR count). The maximum Gasteiger partial charge on any atom is 0.192 e. The molecule has 1 aliphatic rings. The Morgan fingerprint density at radius 1 is 1.35 bits per heavy atom. The fourth-order valence-electron chi connectivity index (χ4n) is 2.18. The highest BCUT2D eigenvalue weighted by Gasteiger charge is 2.26. The first-order valence-electron chi connectivity index (χ1n) is 6.55. The molecule has 0 unspecified atom stereocenters. The highest BCUT2D eigenvalue weighted by molar-refractivity contribution is 5.41. The number of aryl methyl sites for hydroxylation is 1. The number of benzene rings is 1. The number of nitrogens with zero attached hydrogens (tertiary/aromatic N) is 3. The molecule has 0 bridgehead atoms. The summed E-state index contributed by atoms with van der Waals surface area (Å²) in [6, 6.07) is 7.63. The van der Waals surface area contributed by atoms with Crippen molar-refractivity contribution >= 4 is 0 Å². The summed E-state index contributed by atoms with van der Waals surface area (Å²) >= 11 is 0. The van der Waals surface area contributed by atoms with Gasteiger partial charge in [0.15, 0.2) is 29.3 Å². The van der Waals surface area contributed by atoms with Crippen molar-refractivity contribution in [2.45, 2.75) is 12.5 Å². The summed E-state index contributed by atoms with van der Waals surface area (Å²) in [5, 5.41) is 4.37. The van der Waals surface area contributed by atoms with Gasteiger partial charge < -0.3 is 14.2 Å². The number of fused-ring (bicyclic) bond motifs is 1. The number of hydrogen-bond acceptors (Lipinski definition) is 5. The zero-order valence-electron chi connectivity index (χ0n) is 11.6. The highest BCUT2D eigenvalue weighted by atomic mass is 16.6. The van der Waals surface area contributed by atoms with Crippen molar-refractivity contribution in [2.24, 2.45) is 7.05 Å². The molecule has 1 aromatic heterocycles. The second kappa shape index (κ2) is 5.50. The van der Waals surface area contributed by atoms with Crippen LogP contribution in [0.25, 0.3) is 0 Å². The van der Waals surface area contributed by atoms with E-state index in [9.17, 15) is 0 Å². The van der Waals surface area contributed by atoms with E-state index >= 15 is 0 Å². The molecule has 0 fully saturated rings. The van der Waals surface area contributed by atoms with E-state index in [1.165, 1.54) is 0 Å². The molecule has 1 aliphatic heterocycles. The van der Waals surface area contributed by atoms with E-state index in [0.717, 1.165) is 23.1 Å². The average Bonchev–Trinajstić information content (AvgIpc) is 2.85. The number of rotatable bonds is 4. The van der Waals surface area contributed by atoms with Crippen LogP contribution in [-0.4, -0.2) is 35.1 Å². The molecule has 6 nitrogen and oxygen atoms in total. The van der Waals surface area contributed by atoms with Gasteiger partial charge in [0.05, 0.1) is 6.61 Å². The Balaban J connectivity index is 1.79. The summed E-state index contributed by atoms with van der Waals surface area (Å²) in [6.45, 7) is 1.04. The fraction of sp³-hybridized carbons (Fsp3) is 0.429. The first-order valence-corrected chi connectivity index (χ1v) is 6.55. The molecule has 0 radical (unpaired) electrons. The lowest BCUT2D eigenvalue weighted by Crippen LogP contribution is -2.24. The van der Waals surface area contributed by atoms with E-state index in [1.54, 1.807) is 11.8 Å². The van der Waals surface area contributed by atoms with Crippen LogP contribution in [-0.2, 0) is 18.2 Å². The third kappa shape index (κ3) is 2.46. The Morgan fingerprint density at radius 2 is 2.15 bits per heavy atom. The fourth-order valence-corrected chi connectivity index (χ4v) is 2.18. The Morgan fingerprint density at radius 3 is 2.95 bits per heavy atom. The molecule has 20 heavy (non-hydrogen) atoms. The van der Waals surface area contributed by atoms with E-state index in [2.05, 4.69) is 10.1 Å². The van der Waals surface area contributed by atoms with Crippen LogP contribution in [0.15, 0.2) is 24.3 Å². The predicted molar refractivity (Wildman–Crippen MR) is 71.9 cm³/mol. The summed E-state index contributed by atoms with van der Waals surface area (Å²) in [5.41, 5.74) is 0. The van der Waals surface area contributed by atoms with E-state index < -0.39 is 0 Å². The lowest BCUT2D eigenvalue weighted by molar-refractivity contribution is 0.0824. The largest absolute Gasteiger partial charge is 0.485 e. The third-order valence-electron chi connectivity index (χ3n) is 3.17. The number of methoxy groups -OCH3 is 1. The van der Waals surface area contributed by atoms with Crippen LogP contribution in [0.5, 0.6) is 11.5 Å². The van der Waals surface area contributed by atoms with Crippen molar-refractivity contribution in [3.05, 3.63) is 35.9 Å². The van der Waals surface area contributed by atoms with Crippen LogP contribution in [0.4, 0.5) is 0 Å². The molecular weight excluding hydrogens is 258 g/mol.